The Morgan fingerprint density at radius 1 is 1.07 bits per heavy atom. The third-order valence-corrected chi connectivity index (χ3v) is 4.55. The van der Waals surface area contributed by atoms with Gasteiger partial charge in [-0.05, 0) is 49.2 Å². The van der Waals surface area contributed by atoms with Crippen LogP contribution < -0.4 is 10.6 Å². The maximum absolute atomic E-state index is 12.6. The molecule has 0 aliphatic heterocycles. The number of anilines is 1. The van der Waals surface area contributed by atoms with Crippen LogP contribution in [-0.2, 0) is 22.6 Å². The van der Waals surface area contributed by atoms with Crippen molar-refractivity contribution in [2.75, 3.05) is 11.9 Å². The van der Waals surface area contributed by atoms with Gasteiger partial charge in [0.1, 0.15) is 12.4 Å². The predicted octanol–water partition coefficient (Wildman–Crippen LogP) is 2.97. The summed E-state index contributed by atoms with van der Waals surface area (Å²) >= 11 is 0. The van der Waals surface area contributed by atoms with Gasteiger partial charge >= 0.3 is 0 Å². The molecule has 2 N–H and O–H groups in total. The van der Waals surface area contributed by atoms with E-state index in [0.29, 0.717) is 13.0 Å². The summed E-state index contributed by atoms with van der Waals surface area (Å²) in [6.45, 7) is 6.20. The van der Waals surface area contributed by atoms with E-state index in [1.807, 2.05) is 60.9 Å². The molecule has 0 spiro atoms. The molecule has 0 saturated heterocycles. The lowest BCUT2D eigenvalue weighted by Crippen LogP contribution is -2.25. The number of nitrogens with one attached hydrogen (secondary N) is 2. The maximum Gasteiger partial charge on any atom is 0.244 e. The van der Waals surface area contributed by atoms with Crippen molar-refractivity contribution in [3.8, 4) is 0 Å². The summed E-state index contributed by atoms with van der Waals surface area (Å²) < 4.78 is 1.91. The van der Waals surface area contributed by atoms with Crippen molar-refractivity contribution >= 4 is 28.5 Å². The largest absolute Gasteiger partial charge is 0.356 e. The molecule has 1 heterocycles. The zero-order valence-corrected chi connectivity index (χ0v) is 15.9. The van der Waals surface area contributed by atoms with Crippen molar-refractivity contribution in [3.05, 3.63) is 59.4 Å². The number of hydrogen-bond acceptors (Lipinski definition) is 3. The van der Waals surface area contributed by atoms with Crippen molar-refractivity contribution in [3.63, 3.8) is 0 Å². The summed E-state index contributed by atoms with van der Waals surface area (Å²) in [5, 5.41) is 5.73. The highest BCUT2D eigenvalue weighted by Gasteiger charge is 2.14. The average molecular weight is 364 g/mol. The molecule has 1 aromatic heterocycles. The van der Waals surface area contributed by atoms with Crippen molar-refractivity contribution in [1.82, 2.24) is 14.9 Å². The number of imidazole rings is 1. The van der Waals surface area contributed by atoms with E-state index >= 15 is 0 Å². The summed E-state index contributed by atoms with van der Waals surface area (Å²) in [7, 11) is 0. The van der Waals surface area contributed by atoms with Crippen LogP contribution in [0.5, 0.6) is 0 Å². The van der Waals surface area contributed by atoms with Gasteiger partial charge in [-0.2, -0.15) is 0 Å². The Morgan fingerprint density at radius 2 is 1.85 bits per heavy atom. The molecule has 0 fully saturated rings. The van der Waals surface area contributed by atoms with Gasteiger partial charge in [0.2, 0.25) is 11.8 Å². The van der Waals surface area contributed by atoms with Gasteiger partial charge in [0.15, 0.2) is 0 Å². The van der Waals surface area contributed by atoms with Crippen molar-refractivity contribution < 1.29 is 9.59 Å². The molecule has 6 nitrogen and oxygen atoms in total. The first-order valence-electron chi connectivity index (χ1n) is 8.99. The van der Waals surface area contributed by atoms with E-state index in [1.54, 1.807) is 0 Å². The number of para-hydroxylation sites is 2. The molecule has 140 valence electrons. The Bertz CT molecular complexity index is 991. The zero-order valence-electron chi connectivity index (χ0n) is 15.9. The quantitative estimate of drug-likeness (QED) is 0.706. The molecule has 3 rings (SSSR count). The number of aryl methyl sites for hydroxylation is 2. The third-order valence-electron chi connectivity index (χ3n) is 4.55. The van der Waals surface area contributed by atoms with E-state index in [2.05, 4.69) is 15.6 Å². The Balaban J connectivity index is 1.80. The van der Waals surface area contributed by atoms with Crippen LogP contribution >= 0.6 is 0 Å². The molecule has 2 amide bonds. The van der Waals surface area contributed by atoms with Crippen molar-refractivity contribution in [2.45, 2.75) is 33.7 Å². The molecule has 0 radical (unpaired) electrons. The highest BCUT2D eigenvalue weighted by Crippen LogP contribution is 2.18. The van der Waals surface area contributed by atoms with Gasteiger partial charge in [0.05, 0.1) is 11.0 Å². The Morgan fingerprint density at radius 3 is 2.59 bits per heavy atom. The summed E-state index contributed by atoms with van der Waals surface area (Å²) in [4.78, 5) is 28.4. The van der Waals surface area contributed by atoms with Crippen LogP contribution in [0.15, 0.2) is 42.5 Å². The molecule has 0 unspecified atom stereocenters. The van der Waals surface area contributed by atoms with Gasteiger partial charge in [-0.25, -0.2) is 4.98 Å². The Labute approximate surface area is 158 Å². The standard InChI is InChI=1S/C21H24N4O2/c1-14-8-9-17(12-15(14)2)23-21(27)13-25-19-7-5-4-6-18(19)24-20(25)10-11-22-16(3)26/h4-9,12H,10-11,13H2,1-3H3,(H,22,26)(H,23,27). The maximum atomic E-state index is 12.6. The van der Waals surface area contributed by atoms with E-state index in [9.17, 15) is 9.59 Å². The van der Waals surface area contributed by atoms with Crippen molar-refractivity contribution in [1.29, 1.82) is 0 Å². The number of carbonyl (C=O) groups is 2. The van der Waals surface area contributed by atoms with Gasteiger partial charge in [0, 0.05) is 25.6 Å². The molecular formula is C21H24N4O2. The Hall–Kier alpha value is -3.15. The minimum absolute atomic E-state index is 0.0786. The second-order valence-corrected chi connectivity index (χ2v) is 6.68. The van der Waals surface area contributed by atoms with Gasteiger partial charge in [-0.15, -0.1) is 0 Å². The van der Waals surface area contributed by atoms with Crippen LogP contribution in [0.1, 0.15) is 23.9 Å². The van der Waals surface area contributed by atoms with Crippen LogP contribution in [0, 0.1) is 13.8 Å². The second-order valence-electron chi connectivity index (χ2n) is 6.68. The summed E-state index contributed by atoms with van der Waals surface area (Å²) in [6.07, 6.45) is 0.561. The lowest BCUT2D eigenvalue weighted by molar-refractivity contribution is -0.119. The van der Waals surface area contributed by atoms with E-state index in [-0.39, 0.29) is 18.4 Å². The zero-order chi connectivity index (χ0) is 19.4. The van der Waals surface area contributed by atoms with Crippen LogP contribution in [0.3, 0.4) is 0 Å². The number of carbonyl (C=O) groups excluding carboxylic acids is 2. The van der Waals surface area contributed by atoms with Crippen LogP contribution in [0.25, 0.3) is 11.0 Å². The molecule has 0 saturated carbocycles. The lowest BCUT2D eigenvalue weighted by atomic mass is 10.1. The number of rotatable bonds is 6. The number of amides is 2. The first kappa shape index (κ1) is 18.6. The highest BCUT2D eigenvalue weighted by molar-refractivity contribution is 5.92. The number of benzene rings is 2. The molecule has 2 aromatic carbocycles. The fourth-order valence-electron chi connectivity index (χ4n) is 3.01. The first-order valence-corrected chi connectivity index (χ1v) is 8.99. The molecule has 3 aromatic rings. The normalized spacial score (nSPS) is 10.8. The van der Waals surface area contributed by atoms with Gasteiger partial charge in [-0.1, -0.05) is 18.2 Å². The predicted molar refractivity (Wildman–Crippen MR) is 107 cm³/mol. The molecule has 0 aliphatic carbocycles. The molecule has 0 atom stereocenters. The molecule has 6 heteroatoms. The second kappa shape index (κ2) is 8.03. The molecule has 0 aliphatic rings. The van der Waals surface area contributed by atoms with E-state index in [4.69, 9.17) is 0 Å². The van der Waals surface area contributed by atoms with E-state index in [1.165, 1.54) is 12.5 Å². The van der Waals surface area contributed by atoms with Gasteiger partial charge in [-0.3, -0.25) is 9.59 Å². The molecule has 0 bridgehead atoms. The number of nitrogens with zero attached hydrogens (tertiary/aromatic N) is 2. The van der Waals surface area contributed by atoms with Crippen LogP contribution in [0.2, 0.25) is 0 Å². The average Bonchev–Trinajstić information content (AvgIpc) is 2.95. The van der Waals surface area contributed by atoms with E-state index in [0.717, 1.165) is 28.1 Å². The Kier molecular flexibility index (Phi) is 5.54. The fraction of sp³-hybridized carbons (Fsp3) is 0.286. The minimum Gasteiger partial charge on any atom is -0.356 e. The van der Waals surface area contributed by atoms with Crippen LogP contribution in [-0.4, -0.2) is 27.9 Å². The van der Waals surface area contributed by atoms with Gasteiger partial charge in [0.25, 0.3) is 0 Å². The number of aromatic nitrogens is 2. The summed E-state index contributed by atoms with van der Waals surface area (Å²) in [6, 6.07) is 13.6. The summed E-state index contributed by atoms with van der Waals surface area (Å²) in [5.41, 5.74) is 4.86. The topological polar surface area (TPSA) is 76.0 Å². The van der Waals surface area contributed by atoms with Gasteiger partial charge < -0.3 is 15.2 Å². The minimum atomic E-state index is -0.109. The van der Waals surface area contributed by atoms with Crippen molar-refractivity contribution in [2.24, 2.45) is 0 Å². The SMILES string of the molecule is CC(=O)NCCc1nc2ccccc2n1CC(=O)Nc1ccc(C)c(C)c1. The fourth-order valence-corrected chi connectivity index (χ4v) is 3.01. The number of hydrogen-bond donors (Lipinski definition) is 2. The highest BCUT2D eigenvalue weighted by atomic mass is 16.2. The van der Waals surface area contributed by atoms with E-state index < -0.39 is 0 Å². The van der Waals surface area contributed by atoms with Crippen LogP contribution in [0.4, 0.5) is 5.69 Å². The summed E-state index contributed by atoms with van der Waals surface area (Å²) in [5.74, 6) is 0.590. The monoisotopic (exact) mass is 364 g/mol. The molecule has 27 heavy (non-hydrogen) atoms. The molecular weight excluding hydrogens is 340 g/mol. The lowest BCUT2D eigenvalue weighted by Gasteiger charge is -2.11. The smallest absolute Gasteiger partial charge is 0.244 e. The number of fused-ring (bicyclic) bond motifs is 1. The first-order chi connectivity index (χ1) is 12.9. The third kappa shape index (κ3) is 4.53.